The van der Waals surface area contributed by atoms with Crippen LogP contribution >= 0.6 is 0 Å². The number of carbonyl (C=O) groups is 2. The second-order valence-corrected chi connectivity index (χ2v) is 12.4. The summed E-state index contributed by atoms with van der Waals surface area (Å²) in [6.07, 6.45) is 10.4. The van der Waals surface area contributed by atoms with E-state index < -0.39 is 17.4 Å². The first kappa shape index (κ1) is 25.3. The van der Waals surface area contributed by atoms with Crippen molar-refractivity contribution in [2.75, 3.05) is 0 Å². The van der Waals surface area contributed by atoms with E-state index in [2.05, 4.69) is 47.6 Å². The lowest BCUT2D eigenvalue weighted by Crippen LogP contribution is -2.48. The number of hydrogen-bond donors (Lipinski definition) is 2. The largest absolute Gasteiger partial charge is 0.481 e. The van der Waals surface area contributed by atoms with Crippen LogP contribution in [0, 0.1) is 52.3 Å². The fourth-order valence-corrected chi connectivity index (χ4v) is 7.98. The molecule has 2 N–H and O–H groups in total. The highest BCUT2D eigenvalue weighted by Crippen LogP contribution is 2.66. The molecule has 32 heavy (non-hydrogen) atoms. The summed E-state index contributed by atoms with van der Waals surface area (Å²) >= 11 is 0. The number of allylic oxidation sites excluding steroid dienone is 2. The normalized spacial score (nSPS) is 38.5. The highest BCUT2D eigenvalue weighted by molar-refractivity contribution is 5.70. The second-order valence-electron chi connectivity index (χ2n) is 12.4. The van der Waals surface area contributed by atoms with Crippen LogP contribution in [0.3, 0.4) is 0 Å². The molecule has 0 bridgehead atoms. The van der Waals surface area contributed by atoms with Crippen molar-refractivity contribution >= 4 is 11.9 Å². The first-order chi connectivity index (χ1) is 14.9. The number of carboxylic acids is 2. The average Bonchev–Trinajstić information content (AvgIpc) is 3.04. The Kier molecular flexibility index (Phi) is 7.52. The molecular formula is C28H46O4. The van der Waals surface area contributed by atoms with Crippen LogP contribution in [0.4, 0.5) is 0 Å². The van der Waals surface area contributed by atoms with Crippen LogP contribution in [0.15, 0.2) is 11.6 Å². The van der Waals surface area contributed by atoms with Gasteiger partial charge < -0.3 is 10.2 Å². The topological polar surface area (TPSA) is 74.6 Å². The zero-order valence-electron chi connectivity index (χ0n) is 21.2. The van der Waals surface area contributed by atoms with Crippen molar-refractivity contribution in [2.45, 2.75) is 99.3 Å². The van der Waals surface area contributed by atoms with Crippen LogP contribution in [0.2, 0.25) is 0 Å². The van der Waals surface area contributed by atoms with Gasteiger partial charge in [0.15, 0.2) is 0 Å². The van der Waals surface area contributed by atoms with E-state index in [4.69, 9.17) is 0 Å². The van der Waals surface area contributed by atoms with Gasteiger partial charge in [-0.05, 0) is 84.4 Å². The van der Waals surface area contributed by atoms with Gasteiger partial charge in [0.1, 0.15) is 0 Å². The quantitative estimate of drug-likeness (QED) is 0.372. The van der Waals surface area contributed by atoms with E-state index in [1.807, 2.05) is 0 Å². The minimum atomic E-state index is -0.811. The first-order valence-corrected chi connectivity index (χ1v) is 13.0. The molecule has 2 saturated carbocycles. The van der Waals surface area contributed by atoms with Crippen molar-refractivity contribution in [3.63, 3.8) is 0 Å². The molecule has 0 aromatic heterocycles. The van der Waals surface area contributed by atoms with E-state index >= 15 is 0 Å². The van der Waals surface area contributed by atoms with E-state index in [1.54, 1.807) is 0 Å². The second kappa shape index (κ2) is 9.50. The molecule has 4 nitrogen and oxygen atoms in total. The van der Waals surface area contributed by atoms with Gasteiger partial charge in [0.05, 0.1) is 6.42 Å². The number of rotatable bonds is 9. The predicted octanol–water partition coefficient (Wildman–Crippen LogP) is 7.04. The predicted molar refractivity (Wildman–Crippen MR) is 128 cm³/mol. The molecule has 0 unspecified atom stereocenters. The molecule has 3 aliphatic rings. The number of hydrogen-bond acceptors (Lipinski definition) is 2. The fraction of sp³-hybridized carbons (Fsp3) is 0.857. The number of carboxylic acid groups (broad SMARTS) is 2. The lowest BCUT2D eigenvalue weighted by Gasteiger charge is -2.55. The zero-order valence-corrected chi connectivity index (χ0v) is 21.2. The Morgan fingerprint density at radius 1 is 1.00 bits per heavy atom. The van der Waals surface area contributed by atoms with Crippen LogP contribution in [0.25, 0.3) is 0 Å². The molecule has 8 atom stereocenters. The summed E-state index contributed by atoms with van der Waals surface area (Å²) in [6.45, 7) is 14.1. The lowest BCUT2D eigenvalue weighted by molar-refractivity contribution is -0.146. The van der Waals surface area contributed by atoms with Crippen molar-refractivity contribution in [3.05, 3.63) is 11.6 Å². The molecular weight excluding hydrogens is 400 g/mol. The Morgan fingerprint density at radius 2 is 1.69 bits per heavy atom. The van der Waals surface area contributed by atoms with Crippen molar-refractivity contribution in [1.29, 1.82) is 0 Å². The molecule has 3 aliphatic carbocycles. The third kappa shape index (κ3) is 4.66. The Labute approximate surface area is 195 Å². The first-order valence-electron chi connectivity index (χ1n) is 13.0. The molecule has 182 valence electrons. The smallest absolute Gasteiger partial charge is 0.303 e. The summed E-state index contributed by atoms with van der Waals surface area (Å²) in [5, 5.41) is 19.2. The van der Waals surface area contributed by atoms with Crippen LogP contribution in [-0.2, 0) is 9.59 Å². The molecule has 3 rings (SSSR count). The van der Waals surface area contributed by atoms with Crippen LogP contribution in [0.1, 0.15) is 99.3 Å². The maximum absolute atomic E-state index is 11.8. The molecule has 0 heterocycles. The van der Waals surface area contributed by atoms with E-state index in [-0.39, 0.29) is 24.7 Å². The van der Waals surface area contributed by atoms with Gasteiger partial charge in [-0.2, -0.15) is 0 Å². The molecule has 0 aromatic rings. The molecule has 0 spiro atoms. The Balaban J connectivity index is 1.82. The van der Waals surface area contributed by atoms with Gasteiger partial charge in [-0.3, -0.25) is 9.59 Å². The number of aliphatic carboxylic acids is 2. The standard InChI is InChI=1S/C28H46O4/c1-17(2)18(3)7-8-19(4)22-11-12-23-21-10-9-20(15-25(29)30)28(6,16-26(31)32)24(21)13-14-27(22,23)5/h10,17-20,22-24H,7-9,11-16H2,1-6H3,(H,29,30)(H,31,32)/t18-,19+,20-,22-,23+,24+,27-,28-/m0/s1. The Morgan fingerprint density at radius 3 is 2.28 bits per heavy atom. The molecule has 0 amide bonds. The molecule has 2 fully saturated rings. The highest BCUT2D eigenvalue weighted by Gasteiger charge is 2.58. The van der Waals surface area contributed by atoms with Crippen LogP contribution in [-0.4, -0.2) is 22.2 Å². The van der Waals surface area contributed by atoms with Crippen molar-refractivity contribution in [1.82, 2.24) is 0 Å². The summed E-state index contributed by atoms with van der Waals surface area (Å²) in [4.78, 5) is 23.4. The zero-order chi connectivity index (χ0) is 23.8. The van der Waals surface area contributed by atoms with Gasteiger partial charge in [0.25, 0.3) is 0 Å². The van der Waals surface area contributed by atoms with E-state index in [0.29, 0.717) is 17.8 Å². The Bertz CT molecular complexity index is 740. The van der Waals surface area contributed by atoms with Gasteiger partial charge in [-0.1, -0.05) is 66.0 Å². The van der Waals surface area contributed by atoms with Crippen LogP contribution in [0.5, 0.6) is 0 Å². The summed E-state index contributed by atoms with van der Waals surface area (Å²) in [5.74, 6) is 2.00. The Hall–Kier alpha value is -1.32. The SMILES string of the molecule is CC(C)[C@@H](C)CC[C@@H](C)[C@@H]1CC[C@@H]2C3=CC[C@@H](CC(=O)O)[C@](C)(CC(=O)O)[C@@H]3CC[C@]21C. The molecule has 0 aliphatic heterocycles. The fourth-order valence-electron chi connectivity index (χ4n) is 7.98. The summed E-state index contributed by atoms with van der Waals surface area (Å²) < 4.78 is 0. The van der Waals surface area contributed by atoms with Gasteiger partial charge in [-0.15, -0.1) is 0 Å². The molecule has 0 radical (unpaired) electrons. The van der Waals surface area contributed by atoms with Crippen LogP contribution < -0.4 is 0 Å². The maximum Gasteiger partial charge on any atom is 0.303 e. The number of fused-ring (bicyclic) bond motifs is 3. The minimum Gasteiger partial charge on any atom is -0.481 e. The average molecular weight is 447 g/mol. The third-order valence-corrected chi connectivity index (χ3v) is 10.4. The summed E-state index contributed by atoms with van der Waals surface area (Å²) in [5.41, 5.74) is 1.31. The molecule has 4 heteroatoms. The third-order valence-electron chi connectivity index (χ3n) is 10.4. The van der Waals surface area contributed by atoms with Crippen molar-refractivity contribution in [2.24, 2.45) is 52.3 Å². The van der Waals surface area contributed by atoms with E-state index in [1.165, 1.54) is 31.3 Å². The van der Waals surface area contributed by atoms with E-state index in [0.717, 1.165) is 36.5 Å². The lowest BCUT2D eigenvalue weighted by atomic mass is 9.49. The summed E-state index contributed by atoms with van der Waals surface area (Å²) in [6, 6.07) is 0. The van der Waals surface area contributed by atoms with Crippen molar-refractivity contribution in [3.8, 4) is 0 Å². The summed E-state index contributed by atoms with van der Waals surface area (Å²) in [7, 11) is 0. The van der Waals surface area contributed by atoms with Gasteiger partial charge in [0, 0.05) is 6.42 Å². The highest BCUT2D eigenvalue weighted by atomic mass is 16.4. The van der Waals surface area contributed by atoms with Gasteiger partial charge >= 0.3 is 11.9 Å². The van der Waals surface area contributed by atoms with Crippen molar-refractivity contribution < 1.29 is 19.8 Å². The molecule has 0 saturated heterocycles. The molecule has 0 aromatic carbocycles. The minimum absolute atomic E-state index is 0.0691. The van der Waals surface area contributed by atoms with Gasteiger partial charge in [-0.25, -0.2) is 0 Å². The maximum atomic E-state index is 11.8. The van der Waals surface area contributed by atoms with E-state index in [9.17, 15) is 19.8 Å². The van der Waals surface area contributed by atoms with Gasteiger partial charge in [0.2, 0.25) is 0 Å². The monoisotopic (exact) mass is 446 g/mol.